The summed E-state index contributed by atoms with van der Waals surface area (Å²) in [6, 6.07) is 18.6. The van der Waals surface area contributed by atoms with E-state index in [0.29, 0.717) is 112 Å². The highest BCUT2D eigenvalue weighted by atomic mass is 16.6. The van der Waals surface area contributed by atoms with Crippen molar-refractivity contribution in [1.29, 1.82) is 0 Å². The number of anilines is 4. The number of aliphatic hydroxyl groups is 2. The maximum atomic E-state index is 15.3. The molecule has 86 heavy (non-hydrogen) atoms. The summed E-state index contributed by atoms with van der Waals surface area (Å²) in [4.78, 5) is 61.5. The zero-order valence-corrected chi connectivity index (χ0v) is 51.1. The molecule has 21 nitrogen and oxygen atoms in total. The SMILES string of the molecule is CC[C@]1(O)C[C@@H]2CN(CCc3c([nH]c4ccccc34)[C@@](C(=O)OC)(c3cc4c(cc3OC)N(C)[C@H]3[C@@](O)(C(=O)OC)[C@H](OC(C)=O)[C@]5(CC)C=CCN6CC[C@]43[C@@H]65)C2)C1.COc1cc(NCc2ccc3nc(N)nc(N)c3c2C)cc(OC)c1OC. The van der Waals surface area contributed by atoms with Gasteiger partial charge < -0.3 is 70.0 Å². The molecular formula is C65H81N9O12. The first-order chi connectivity index (χ1) is 41.2. The Kier molecular flexibility index (Phi) is 15.6. The van der Waals surface area contributed by atoms with Crippen LogP contribution in [0.25, 0.3) is 21.8 Å². The van der Waals surface area contributed by atoms with Crippen molar-refractivity contribution in [2.45, 2.75) is 113 Å². The number of nitrogen functional groups attached to an aromatic ring is 2. The van der Waals surface area contributed by atoms with Crippen LogP contribution in [0.3, 0.4) is 0 Å². The van der Waals surface area contributed by atoms with E-state index in [-0.39, 0.29) is 17.9 Å². The van der Waals surface area contributed by atoms with Gasteiger partial charge >= 0.3 is 17.9 Å². The number of fused-ring (bicyclic) bond motifs is 7. The average Bonchev–Trinajstić information content (AvgIpc) is 1.44. The fourth-order valence-corrected chi connectivity index (χ4v) is 16.6. The number of H-pyrrole nitrogens is 1. The third-order valence-corrected chi connectivity index (χ3v) is 20.0. The second-order valence-electron chi connectivity index (χ2n) is 24.2. The number of carbonyl (C=O) groups excluding carboxylic acids is 3. The molecule has 0 amide bonds. The summed E-state index contributed by atoms with van der Waals surface area (Å²) in [5.41, 5.74) is 13.7. The predicted octanol–water partition coefficient (Wildman–Crippen LogP) is 6.73. The Hall–Kier alpha value is -7.85. The summed E-state index contributed by atoms with van der Waals surface area (Å²) in [5, 5.41) is 30.5. The molecule has 2 aromatic heterocycles. The molecule has 2 saturated heterocycles. The molecule has 7 heterocycles. The normalized spacial score (nSPS) is 28.7. The van der Waals surface area contributed by atoms with Gasteiger partial charge in [0.2, 0.25) is 17.3 Å². The molecule has 12 rings (SSSR count). The molecule has 1 saturated carbocycles. The molecule has 1 aliphatic carbocycles. The second kappa shape index (κ2) is 22.5. The number of aromatic amines is 1. The van der Waals surface area contributed by atoms with Gasteiger partial charge in [0.15, 0.2) is 17.6 Å². The van der Waals surface area contributed by atoms with Gasteiger partial charge in [0, 0.05) is 121 Å². The molecule has 0 radical (unpaired) electrons. The van der Waals surface area contributed by atoms with Crippen molar-refractivity contribution >= 4 is 62.9 Å². The molecule has 10 atom stereocenters. The van der Waals surface area contributed by atoms with Crippen molar-refractivity contribution < 1.29 is 57.8 Å². The molecule has 1 spiro atoms. The van der Waals surface area contributed by atoms with E-state index < -0.39 is 57.5 Å². The second-order valence-corrected chi connectivity index (χ2v) is 24.2. The zero-order chi connectivity index (χ0) is 61.4. The van der Waals surface area contributed by atoms with Gasteiger partial charge in [-0.2, -0.15) is 4.98 Å². The molecule has 6 aliphatic rings. The number of hydrogen-bond acceptors (Lipinski definition) is 20. The van der Waals surface area contributed by atoms with E-state index in [2.05, 4.69) is 54.4 Å². The third kappa shape index (κ3) is 9.04. The molecule has 1 unspecified atom stereocenters. The molecule has 2 bridgehead atoms. The van der Waals surface area contributed by atoms with Gasteiger partial charge in [-0.05, 0) is 98.4 Å². The predicted molar refractivity (Wildman–Crippen MR) is 327 cm³/mol. The fourth-order valence-electron chi connectivity index (χ4n) is 16.6. The molecule has 6 aromatic rings. The van der Waals surface area contributed by atoms with E-state index in [0.717, 1.165) is 61.1 Å². The van der Waals surface area contributed by atoms with Crippen molar-refractivity contribution in [2.24, 2.45) is 11.3 Å². The van der Waals surface area contributed by atoms with Crippen LogP contribution in [0.15, 0.2) is 72.8 Å². The molecular weight excluding hydrogens is 1100 g/mol. The largest absolute Gasteiger partial charge is 0.496 e. The van der Waals surface area contributed by atoms with Crippen LogP contribution in [0, 0.1) is 18.3 Å². The highest BCUT2D eigenvalue weighted by Crippen LogP contribution is 2.68. The number of piperidine rings is 1. The summed E-state index contributed by atoms with van der Waals surface area (Å²) in [5.74, 6) is 0.708. The molecule has 5 aliphatic heterocycles. The van der Waals surface area contributed by atoms with Crippen LogP contribution < -0.4 is 40.6 Å². The van der Waals surface area contributed by atoms with Crippen molar-refractivity contribution in [3.63, 3.8) is 0 Å². The minimum Gasteiger partial charge on any atom is -0.496 e. The number of nitrogens with two attached hydrogens (primary N) is 2. The lowest BCUT2D eigenvalue weighted by molar-refractivity contribution is -0.228. The van der Waals surface area contributed by atoms with Gasteiger partial charge in [-0.25, -0.2) is 9.78 Å². The van der Waals surface area contributed by atoms with E-state index in [4.69, 9.17) is 44.6 Å². The van der Waals surface area contributed by atoms with E-state index in [9.17, 15) is 19.8 Å². The van der Waals surface area contributed by atoms with Crippen LogP contribution >= 0.6 is 0 Å². The minimum absolute atomic E-state index is 0.0986. The van der Waals surface area contributed by atoms with E-state index in [1.54, 1.807) is 28.4 Å². The van der Waals surface area contributed by atoms with Crippen LogP contribution in [-0.4, -0.2) is 165 Å². The maximum Gasteiger partial charge on any atom is 0.344 e. The van der Waals surface area contributed by atoms with Crippen LogP contribution in [0.1, 0.15) is 86.4 Å². The number of esters is 3. The van der Waals surface area contributed by atoms with Crippen molar-refractivity contribution in [2.75, 3.05) is 104 Å². The van der Waals surface area contributed by atoms with E-state index in [1.807, 2.05) is 81.2 Å². The quantitative estimate of drug-likeness (QED) is 0.0397. The lowest BCUT2D eigenvalue weighted by Crippen LogP contribution is -2.81. The van der Waals surface area contributed by atoms with Crippen LogP contribution in [0.2, 0.25) is 0 Å². The lowest BCUT2D eigenvalue weighted by atomic mass is 9.47. The third-order valence-electron chi connectivity index (χ3n) is 20.0. The first-order valence-corrected chi connectivity index (χ1v) is 29.5. The number of aryl methyl sites for hydroxylation is 1. The first-order valence-electron chi connectivity index (χ1n) is 29.5. The number of methoxy groups -OCH3 is 6. The van der Waals surface area contributed by atoms with Crippen LogP contribution in [0.4, 0.5) is 23.1 Å². The van der Waals surface area contributed by atoms with Crippen LogP contribution in [-0.2, 0) is 52.4 Å². The number of nitrogens with zero attached hydrogens (tertiary/aromatic N) is 5. The Balaban J connectivity index is 0.000000238. The Labute approximate surface area is 501 Å². The molecule has 4 aromatic carbocycles. The fraction of sp³-hybridized carbons (Fsp3) is 0.492. The number of carbonyl (C=O) groups is 3. The van der Waals surface area contributed by atoms with Gasteiger partial charge in [-0.1, -0.05) is 50.3 Å². The Morgan fingerprint density at radius 2 is 1.56 bits per heavy atom. The van der Waals surface area contributed by atoms with Gasteiger partial charge in [-0.15, -0.1) is 0 Å². The Bertz CT molecular complexity index is 3660. The summed E-state index contributed by atoms with van der Waals surface area (Å²) in [6.07, 6.45) is 5.94. The monoisotopic (exact) mass is 1180 g/mol. The maximum absolute atomic E-state index is 15.3. The smallest absolute Gasteiger partial charge is 0.344 e. The van der Waals surface area contributed by atoms with Crippen molar-refractivity contribution in [3.05, 3.63) is 106 Å². The summed E-state index contributed by atoms with van der Waals surface area (Å²) < 4.78 is 40.1. The highest BCUT2D eigenvalue weighted by molar-refractivity contribution is 5.95. The highest BCUT2D eigenvalue weighted by Gasteiger charge is 2.80. The average molecular weight is 1180 g/mol. The minimum atomic E-state index is -2.30. The Morgan fingerprint density at radius 3 is 2.22 bits per heavy atom. The molecule has 3 fully saturated rings. The standard InChI is InChI=1S/C46H58N4O9.C19H23N5O3/c1-8-42(54)23-28-24-45(40(52)57-6,36-30(15-19-49(25-28)26-42)29-13-10-11-14-33(29)47-36)32-21-31-34(22-35(32)56-5)48(4)38-44(31)17-20-50-18-12-16-43(9-2,37(44)50)39(59-27(3)51)46(38,55)41(53)58-7;1-10-11(5-6-13-16(10)18(20)24-19(21)23-13)9-22-12-7-14(25-2)17(27-4)15(8-12)26-3/h10-14,16,21-22,28,37-39,47,54-55H,8-9,15,17-20,23-26H2,1-7H3;5-8,22H,9H2,1-4H3,(H4,20,21,23,24)/t28-,37-,38+,39+,42-,43+,44+,45-,46-;/m0./s1. The van der Waals surface area contributed by atoms with Crippen molar-refractivity contribution in [3.8, 4) is 23.0 Å². The number of nitrogens with one attached hydrogen (secondary N) is 2. The van der Waals surface area contributed by atoms with Gasteiger partial charge in [0.25, 0.3) is 0 Å². The summed E-state index contributed by atoms with van der Waals surface area (Å²) >= 11 is 0. The van der Waals surface area contributed by atoms with E-state index >= 15 is 4.79 Å². The molecule has 8 N–H and O–H groups in total. The number of hydrogen-bond donors (Lipinski definition) is 6. The molecule has 21 heteroatoms. The number of rotatable bonds is 13. The number of para-hydroxylation sites is 1. The number of likely N-dealkylation sites (N-methyl/N-ethyl adjacent to an activating group) is 1. The summed E-state index contributed by atoms with van der Waals surface area (Å²) in [7, 11) is 10.9. The van der Waals surface area contributed by atoms with Crippen LogP contribution in [0.5, 0.6) is 23.0 Å². The van der Waals surface area contributed by atoms with Gasteiger partial charge in [-0.3, -0.25) is 19.4 Å². The first kappa shape index (κ1) is 59.9. The number of aromatic nitrogens is 3. The molecule has 458 valence electrons. The number of ether oxygens (including phenoxy) is 7. The summed E-state index contributed by atoms with van der Waals surface area (Å²) in [6.45, 7) is 11.2. The number of benzene rings is 4. The van der Waals surface area contributed by atoms with E-state index in [1.165, 1.54) is 21.1 Å². The zero-order valence-electron chi connectivity index (χ0n) is 51.1. The van der Waals surface area contributed by atoms with Gasteiger partial charge in [0.1, 0.15) is 17.0 Å². The lowest BCUT2D eigenvalue weighted by Gasteiger charge is -2.63. The topological polar surface area (TPSA) is 272 Å². The Morgan fingerprint density at radius 1 is 0.837 bits per heavy atom. The van der Waals surface area contributed by atoms with Gasteiger partial charge in [0.05, 0.1) is 59.8 Å². The van der Waals surface area contributed by atoms with Crippen molar-refractivity contribution in [1.82, 2.24) is 24.8 Å².